The lowest BCUT2D eigenvalue weighted by atomic mass is 10.0. The van der Waals surface area contributed by atoms with Gasteiger partial charge in [-0.3, -0.25) is 43.2 Å². The van der Waals surface area contributed by atoms with Gasteiger partial charge in [0.2, 0.25) is 47.3 Å². The molecule has 0 saturated carbocycles. The van der Waals surface area contributed by atoms with Crippen LogP contribution in [0.25, 0.3) is 0 Å². The zero-order valence-electron chi connectivity index (χ0n) is 33.2. The molecule has 0 heterocycles. The van der Waals surface area contributed by atoms with Gasteiger partial charge in [-0.15, -0.1) is 0 Å². The number of carboxylic acid groups (broad SMARTS) is 2. The van der Waals surface area contributed by atoms with Gasteiger partial charge in [0, 0.05) is 19.3 Å². The molecule has 0 saturated heterocycles. The van der Waals surface area contributed by atoms with Crippen LogP contribution in [0, 0.1) is 0 Å². The molecule has 346 valence electrons. The maximum absolute atomic E-state index is 13.5. The summed E-state index contributed by atoms with van der Waals surface area (Å²) in [5, 5.41) is 91.4. The number of nitrogens with one attached hydrogen (secondary N) is 7. The van der Waals surface area contributed by atoms with E-state index in [1.54, 1.807) is 0 Å². The Bertz CT molecular complexity index is 1750. The van der Waals surface area contributed by atoms with Crippen molar-refractivity contribution in [2.45, 2.75) is 93.5 Å². The third kappa shape index (κ3) is 18.4. The normalized spacial score (nSPS) is 15.3. The van der Waals surface area contributed by atoms with Crippen molar-refractivity contribution in [1.82, 2.24) is 37.2 Å². The number of carbonyl (C=O) groups excluding carboxylic acids is 8. The number of carboxylic acids is 2. The first-order chi connectivity index (χ1) is 29.1. The third-order valence-corrected chi connectivity index (χ3v) is 8.63. The van der Waals surface area contributed by atoms with E-state index < -0.39 is 166 Å². The van der Waals surface area contributed by atoms with Crippen molar-refractivity contribution in [3.05, 3.63) is 29.8 Å². The minimum atomic E-state index is -1.96. The molecule has 19 N–H and O–H groups in total. The standard InChI is InChI=1S/C35H53N9O18/c1-15(49)27(34(60)39-20(35(61)62)7-9-26(52)53)44-33(59)24(14-48)43-32(58)23(13-47)42-31(57)22(12-46)41-29(55)19(6-8-25(37)51)38-30(56)21(40-28(54)18(36)11-45)10-16-2-4-17(50)5-3-16/h2-5,15,18-24,27,45-50H,6-14,36H2,1H3,(H2,37,51)(H,38,56)(H,39,60)(H,40,54)(H,41,55)(H,42,57)(H,43,58)(H,44,59)(H,52,53)(H,61,62)/t15-,18+,19+,20+,21+,22+,23+,24+,27+/m1/s1. The molecule has 0 radical (unpaired) electrons. The van der Waals surface area contributed by atoms with E-state index in [0.717, 1.165) is 6.92 Å². The maximum Gasteiger partial charge on any atom is 0.326 e. The molecule has 0 spiro atoms. The van der Waals surface area contributed by atoms with Crippen LogP contribution in [0.5, 0.6) is 5.75 Å². The molecule has 0 fully saturated rings. The number of hydrogen-bond acceptors (Lipinski definition) is 17. The van der Waals surface area contributed by atoms with Gasteiger partial charge >= 0.3 is 11.9 Å². The molecule has 9 atom stereocenters. The Balaban J connectivity index is 3.15. The molecule has 0 aliphatic rings. The number of benzene rings is 1. The minimum absolute atomic E-state index is 0.117. The van der Waals surface area contributed by atoms with Crippen molar-refractivity contribution >= 4 is 59.2 Å². The lowest BCUT2D eigenvalue weighted by Gasteiger charge is -2.27. The Hall–Kier alpha value is -6.52. The van der Waals surface area contributed by atoms with Gasteiger partial charge in [0.15, 0.2) is 0 Å². The molecule has 0 aliphatic heterocycles. The molecular formula is C35H53N9O18. The van der Waals surface area contributed by atoms with E-state index in [4.69, 9.17) is 16.6 Å². The molecule has 0 aliphatic carbocycles. The quantitative estimate of drug-likeness (QED) is 0.0371. The topological polar surface area (TPSA) is 469 Å². The number of phenols is 1. The number of primary amides is 1. The Morgan fingerprint density at radius 1 is 0.548 bits per heavy atom. The van der Waals surface area contributed by atoms with Crippen LogP contribution in [-0.4, -0.2) is 181 Å². The number of nitrogens with two attached hydrogens (primary N) is 2. The number of aliphatic carboxylic acids is 2. The van der Waals surface area contributed by atoms with Crippen LogP contribution in [0.2, 0.25) is 0 Å². The summed E-state index contributed by atoms with van der Waals surface area (Å²) in [5.74, 6) is -12.6. The van der Waals surface area contributed by atoms with Crippen LogP contribution in [0.15, 0.2) is 24.3 Å². The van der Waals surface area contributed by atoms with E-state index in [0.29, 0.717) is 5.56 Å². The van der Waals surface area contributed by atoms with Gasteiger partial charge in [0.05, 0.1) is 32.5 Å². The van der Waals surface area contributed by atoms with Gasteiger partial charge < -0.3 is 89.5 Å². The van der Waals surface area contributed by atoms with E-state index in [1.165, 1.54) is 24.3 Å². The Morgan fingerprint density at radius 2 is 0.952 bits per heavy atom. The van der Waals surface area contributed by atoms with Crippen molar-refractivity contribution in [3.63, 3.8) is 0 Å². The lowest BCUT2D eigenvalue weighted by molar-refractivity contribution is -0.144. The summed E-state index contributed by atoms with van der Waals surface area (Å²) in [6.07, 6.45) is -4.20. The Morgan fingerprint density at radius 3 is 1.37 bits per heavy atom. The highest BCUT2D eigenvalue weighted by molar-refractivity contribution is 5.98. The number of phenolic OH excluding ortho intramolecular Hbond substituents is 1. The van der Waals surface area contributed by atoms with Crippen LogP contribution in [0.3, 0.4) is 0 Å². The van der Waals surface area contributed by atoms with Gasteiger partial charge in [-0.05, 0) is 37.5 Å². The Labute approximate surface area is 352 Å². The molecule has 27 nitrogen and oxygen atoms in total. The smallest absolute Gasteiger partial charge is 0.326 e. The molecule has 0 unspecified atom stereocenters. The number of amides is 8. The second-order valence-corrected chi connectivity index (χ2v) is 13.6. The average Bonchev–Trinajstić information content (AvgIpc) is 3.21. The summed E-state index contributed by atoms with van der Waals surface area (Å²) in [5.41, 5.74) is 11.2. The summed E-state index contributed by atoms with van der Waals surface area (Å²) in [6.45, 7) is -3.34. The molecule has 1 aromatic rings. The first kappa shape index (κ1) is 53.5. The minimum Gasteiger partial charge on any atom is -0.508 e. The van der Waals surface area contributed by atoms with Crippen LogP contribution >= 0.6 is 0 Å². The monoisotopic (exact) mass is 887 g/mol. The number of aromatic hydroxyl groups is 1. The van der Waals surface area contributed by atoms with Gasteiger partial charge in [-0.2, -0.15) is 0 Å². The van der Waals surface area contributed by atoms with Crippen LogP contribution < -0.4 is 48.7 Å². The highest BCUT2D eigenvalue weighted by Crippen LogP contribution is 2.12. The highest BCUT2D eigenvalue weighted by atomic mass is 16.4. The number of aliphatic hydroxyl groups excluding tert-OH is 5. The first-order valence-electron chi connectivity index (χ1n) is 18.6. The molecule has 8 amide bonds. The second kappa shape index (κ2) is 26.6. The predicted molar refractivity (Wildman–Crippen MR) is 206 cm³/mol. The van der Waals surface area contributed by atoms with E-state index in [9.17, 15) is 83.7 Å². The zero-order chi connectivity index (χ0) is 47.3. The fourth-order valence-electron chi connectivity index (χ4n) is 5.11. The number of carbonyl (C=O) groups is 10. The number of rotatable bonds is 28. The Kier molecular flexibility index (Phi) is 23.0. The van der Waals surface area contributed by atoms with E-state index >= 15 is 0 Å². The van der Waals surface area contributed by atoms with Crippen molar-refractivity contribution in [2.24, 2.45) is 11.5 Å². The van der Waals surface area contributed by atoms with Gasteiger partial charge in [-0.25, -0.2) is 4.79 Å². The summed E-state index contributed by atoms with van der Waals surface area (Å²) < 4.78 is 0. The molecule has 62 heavy (non-hydrogen) atoms. The van der Waals surface area contributed by atoms with Crippen molar-refractivity contribution in [2.75, 3.05) is 26.4 Å². The van der Waals surface area contributed by atoms with Crippen molar-refractivity contribution in [1.29, 1.82) is 0 Å². The summed E-state index contributed by atoms with van der Waals surface area (Å²) in [4.78, 5) is 125. The van der Waals surface area contributed by atoms with Gasteiger partial charge in [0.25, 0.3) is 0 Å². The fourth-order valence-corrected chi connectivity index (χ4v) is 5.11. The number of hydrogen-bond donors (Lipinski definition) is 17. The van der Waals surface area contributed by atoms with Crippen LogP contribution in [-0.2, 0) is 54.4 Å². The van der Waals surface area contributed by atoms with Crippen molar-refractivity contribution < 1.29 is 88.8 Å². The first-order valence-corrected chi connectivity index (χ1v) is 18.6. The molecule has 1 rings (SSSR count). The van der Waals surface area contributed by atoms with E-state index in [2.05, 4.69) is 16.0 Å². The molecule has 27 heteroatoms. The summed E-state index contributed by atoms with van der Waals surface area (Å²) >= 11 is 0. The lowest BCUT2D eigenvalue weighted by Crippen LogP contribution is -2.62. The van der Waals surface area contributed by atoms with Crippen LogP contribution in [0.4, 0.5) is 0 Å². The number of aliphatic hydroxyl groups is 5. The molecular weight excluding hydrogens is 834 g/mol. The van der Waals surface area contributed by atoms with Crippen molar-refractivity contribution in [3.8, 4) is 5.75 Å². The predicted octanol–water partition coefficient (Wildman–Crippen LogP) is -8.78. The second-order valence-electron chi connectivity index (χ2n) is 13.6. The third-order valence-electron chi connectivity index (χ3n) is 8.63. The largest absolute Gasteiger partial charge is 0.508 e. The van der Waals surface area contributed by atoms with E-state index in [-0.39, 0.29) is 12.2 Å². The van der Waals surface area contributed by atoms with Gasteiger partial charge in [-0.1, -0.05) is 12.1 Å². The average molecular weight is 888 g/mol. The van der Waals surface area contributed by atoms with Gasteiger partial charge in [0.1, 0.15) is 54.1 Å². The molecule has 0 bridgehead atoms. The molecule has 0 aromatic heterocycles. The maximum atomic E-state index is 13.5. The van der Waals surface area contributed by atoms with Crippen LogP contribution in [0.1, 0.15) is 38.2 Å². The summed E-state index contributed by atoms with van der Waals surface area (Å²) in [6, 6.07) is -8.72. The van der Waals surface area contributed by atoms with E-state index in [1.807, 2.05) is 21.3 Å². The summed E-state index contributed by atoms with van der Waals surface area (Å²) in [7, 11) is 0. The fraction of sp³-hybridized carbons (Fsp3) is 0.543. The highest BCUT2D eigenvalue weighted by Gasteiger charge is 2.35. The zero-order valence-corrected chi connectivity index (χ0v) is 33.2. The SMILES string of the molecule is C[C@@H](O)[C@H](NC(=O)[C@H](CO)NC(=O)[C@H](CO)NC(=O)[C@H](CO)NC(=O)[C@H](CCC(N)=O)NC(=O)[C@H](Cc1ccc(O)cc1)NC(=O)[C@@H](N)CO)C(=O)N[C@@H](CCC(=O)O)C(=O)O. The molecule has 1 aromatic carbocycles.